The van der Waals surface area contributed by atoms with Crippen molar-refractivity contribution >= 4 is 0 Å². The Balaban J connectivity index is 2.42. The van der Waals surface area contributed by atoms with Crippen molar-refractivity contribution in [2.75, 3.05) is 13.1 Å². The van der Waals surface area contributed by atoms with Gasteiger partial charge in [-0.15, -0.1) is 0 Å². The van der Waals surface area contributed by atoms with E-state index in [1.807, 2.05) is 0 Å². The van der Waals surface area contributed by atoms with E-state index in [9.17, 15) is 0 Å². The lowest BCUT2D eigenvalue weighted by atomic mass is 9.86. The number of rotatable bonds is 3. The molecule has 0 bridgehead atoms. The van der Waals surface area contributed by atoms with E-state index in [-0.39, 0.29) is 0 Å². The maximum atomic E-state index is 2.67. The van der Waals surface area contributed by atoms with E-state index in [2.05, 4.69) is 39.5 Å². The molecule has 0 aromatic rings. The first-order chi connectivity index (χ1) is 6.93. The van der Waals surface area contributed by atoms with E-state index < -0.39 is 0 Å². The van der Waals surface area contributed by atoms with Crippen molar-refractivity contribution in [3.63, 3.8) is 0 Å². The minimum atomic E-state index is 0.369. The lowest BCUT2D eigenvalue weighted by Crippen LogP contribution is -2.47. The smallest absolute Gasteiger partial charge is 0.0125 e. The molecular formula is C14H29N. The summed E-state index contributed by atoms with van der Waals surface area (Å²) >= 11 is 0. The molecule has 0 amide bonds. The zero-order chi connectivity index (χ0) is 11.5. The standard InChI is InChI=1S/C14H29N/c1-6-12(2)10-13-8-7-9-15(11-13)14(3,4)5/h12-13H,6-11H2,1-5H3. The molecule has 0 saturated carbocycles. The number of hydrogen-bond donors (Lipinski definition) is 0. The highest BCUT2D eigenvalue weighted by Crippen LogP contribution is 2.28. The van der Waals surface area contributed by atoms with E-state index in [0.717, 1.165) is 11.8 Å². The highest BCUT2D eigenvalue weighted by atomic mass is 15.2. The van der Waals surface area contributed by atoms with Gasteiger partial charge in [-0.05, 0) is 58.4 Å². The minimum absolute atomic E-state index is 0.369. The Morgan fingerprint density at radius 2 is 2.00 bits per heavy atom. The molecule has 2 unspecified atom stereocenters. The first-order valence-corrected chi connectivity index (χ1v) is 6.68. The van der Waals surface area contributed by atoms with Crippen LogP contribution in [0.3, 0.4) is 0 Å². The molecule has 1 fully saturated rings. The van der Waals surface area contributed by atoms with Crippen LogP contribution in [0.1, 0.15) is 60.3 Å². The van der Waals surface area contributed by atoms with Gasteiger partial charge in [0.2, 0.25) is 0 Å². The fourth-order valence-corrected chi connectivity index (χ4v) is 2.60. The molecule has 1 nitrogen and oxygen atoms in total. The molecule has 0 aliphatic carbocycles. The summed E-state index contributed by atoms with van der Waals surface area (Å²) in [7, 11) is 0. The van der Waals surface area contributed by atoms with Crippen molar-refractivity contribution in [1.29, 1.82) is 0 Å². The number of hydrogen-bond acceptors (Lipinski definition) is 1. The summed E-state index contributed by atoms with van der Waals surface area (Å²) in [6.07, 6.45) is 5.63. The van der Waals surface area contributed by atoms with Crippen molar-refractivity contribution in [1.82, 2.24) is 4.90 Å². The van der Waals surface area contributed by atoms with Gasteiger partial charge in [-0.1, -0.05) is 20.3 Å². The van der Waals surface area contributed by atoms with Crippen LogP contribution in [0, 0.1) is 11.8 Å². The third-order valence-electron chi connectivity index (χ3n) is 3.90. The van der Waals surface area contributed by atoms with Gasteiger partial charge in [0.25, 0.3) is 0 Å². The summed E-state index contributed by atoms with van der Waals surface area (Å²) in [6, 6.07) is 0. The summed E-state index contributed by atoms with van der Waals surface area (Å²) in [5.41, 5.74) is 0.369. The Bertz CT molecular complexity index is 180. The molecule has 0 N–H and O–H groups in total. The fraction of sp³-hybridized carbons (Fsp3) is 1.00. The molecule has 0 aromatic carbocycles. The third-order valence-corrected chi connectivity index (χ3v) is 3.90. The predicted molar refractivity (Wildman–Crippen MR) is 68.1 cm³/mol. The van der Waals surface area contributed by atoms with Crippen LogP contribution in [0.4, 0.5) is 0 Å². The molecule has 15 heavy (non-hydrogen) atoms. The first-order valence-electron chi connectivity index (χ1n) is 6.68. The summed E-state index contributed by atoms with van der Waals surface area (Å²) in [5, 5.41) is 0. The van der Waals surface area contributed by atoms with E-state index in [0.29, 0.717) is 5.54 Å². The van der Waals surface area contributed by atoms with Crippen molar-refractivity contribution in [3.8, 4) is 0 Å². The Morgan fingerprint density at radius 1 is 1.33 bits per heavy atom. The average molecular weight is 211 g/mol. The lowest BCUT2D eigenvalue weighted by molar-refractivity contribution is 0.0711. The molecule has 90 valence electrons. The van der Waals surface area contributed by atoms with E-state index >= 15 is 0 Å². The van der Waals surface area contributed by atoms with Gasteiger partial charge < -0.3 is 0 Å². The van der Waals surface area contributed by atoms with Gasteiger partial charge in [-0.25, -0.2) is 0 Å². The van der Waals surface area contributed by atoms with Crippen molar-refractivity contribution in [2.45, 2.75) is 65.8 Å². The summed E-state index contributed by atoms with van der Waals surface area (Å²) in [6.45, 7) is 14.4. The molecule has 0 spiro atoms. The number of piperidine rings is 1. The Labute approximate surface area is 96.2 Å². The fourth-order valence-electron chi connectivity index (χ4n) is 2.60. The molecule has 1 aliphatic rings. The number of likely N-dealkylation sites (tertiary alicyclic amines) is 1. The second kappa shape index (κ2) is 5.34. The SMILES string of the molecule is CCC(C)CC1CCCN(C(C)(C)C)C1. The van der Waals surface area contributed by atoms with Gasteiger partial charge in [0.05, 0.1) is 0 Å². The zero-order valence-corrected chi connectivity index (χ0v) is 11.3. The van der Waals surface area contributed by atoms with Crippen LogP contribution < -0.4 is 0 Å². The Hall–Kier alpha value is -0.0400. The molecule has 1 saturated heterocycles. The zero-order valence-electron chi connectivity index (χ0n) is 11.3. The topological polar surface area (TPSA) is 3.24 Å². The van der Waals surface area contributed by atoms with Crippen LogP contribution in [0.15, 0.2) is 0 Å². The summed E-state index contributed by atoms with van der Waals surface area (Å²) in [5.74, 6) is 1.86. The maximum absolute atomic E-state index is 2.67. The first kappa shape index (κ1) is 13.0. The monoisotopic (exact) mass is 211 g/mol. The van der Waals surface area contributed by atoms with Crippen LogP contribution in [0.25, 0.3) is 0 Å². The molecule has 1 heterocycles. The molecule has 1 heteroatoms. The summed E-state index contributed by atoms with van der Waals surface area (Å²) in [4.78, 5) is 2.67. The quantitative estimate of drug-likeness (QED) is 0.683. The van der Waals surface area contributed by atoms with E-state index in [1.165, 1.54) is 38.8 Å². The molecular weight excluding hydrogens is 182 g/mol. The average Bonchev–Trinajstić information content (AvgIpc) is 2.17. The second-order valence-corrected chi connectivity index (χ2v) is 6.37. The molecule has 1 aliphatic heterocycles. The minimum Gasteiger partial charge on any atom is -0.298 e. The van der Waals surface area contributed by atoms with Gasteiger partial charge in [0.15, 0.2) is 0 Å². The third kappa shape index (κ3) is 4.14. The molecule has 0 aromatic heterocycles. The van der Waals surface area contributed by atoms with Gasteiger partial charge in [0.1, 0.15) is 0 Å². The largest absolute Gasteiger partial charge is 0.298 e. The highest BCUT2D eigenvalue weighted by molar-refractivity contribution is 4.82. The van der Waals surface area contributed by atoms with Gasteiger partial charge in [-0.3, -0.25) is 4.90 Å². The van der Waals surface area contributed by atoms with Crippen molar-refractivity contribution in [2.24, 2.45) is 11.8 Å². The number of nitrogens with zero attached hydrogens (tertiary/aromatic N) is 1. The molecule has 0 radical (unpaired) electrons. The van der Waals surface area contributed by atoms with E-state index in [1.54, 1.807) is 0 Å². The Kier molecular flexibility index (Phi) is 4.64. The van der Waals surface area contributed by atoms with Crippen LogP contribution in [-0.4, -0.2) is 23.5 Å². The van der Waals surface area contributed by atoms with Crippen molar-refractivity contribution < 1.29 is 0 Å². The van der Waals surface area contributed by atoms with Crippen LogP contribution in [0.5, 0.6) is 0 Å². The van der Waals surface area contributed by atoms with Gasteiger partial charge in [0, 0.05) is 12.1 Å². The Morgan fingerprint density at radius 3 is 2.53 bits per heavy atom. The molecule has 2 atom stereocenters. The van der Waals surface area contributed by atoms with Gasteiger partial charge in [-0.2, -0.15) is 0 Å². The summed E-state index contributed by atoms with van der Waals surface area (Å²) < 4.78 is 0. The van der Waals surface area contributed by atoms with E-state index in [4.69, 9.17) is 0 Å². The highest BCUT2D eigenvalue weighted by Gasteiger charge is 2.28. The maximum Gasteiger partial charge on any atom is 0.0125 e. The predicted octanol–water partition coefficient (Wildman–Crippen LogP) is 3.93. The van der Waals surface area contributed by atoms with Crippen LogP contribution in [0.2, 0.25) is 0 Å². The van der Waals surface area contributed by atoms with Crippen LogP contribution >= 0.6 is 0 Å². The van der Waals surface area contributed by atoms with Crippen LogP contribution in [-0.2, 0) is 0 Å². The van der Waals surface area contributed by atoms with Gasteiger partial charge >= 0.3 is 0 Å². The van der Waals surface area contributed by atoms with Crippen molar-refractivity contribution in [3.05, 3.63) is 0 Å². The lowest BCUT2D eigenvalue weighted by Gasteiger charge is -2.42. The normalized spacial score (nSPS) is 26.6. The second-order valence-electron chi connectivity index (χ2n) is 6.37. The molecule has 1 rings (SSSR count).